The molecule has 0 fully saturated rings. The molecule has 0 heterocycles. The zero-order valence-electron chi connectivity index (χ0n) is 11.4. The summed E-state index contributed by atoms with van der Waals surface area (Å²) in [5.74, 6) is -0.0409. The van der Waals surface area contributed by atoms with Gasteiger partial charge in [0.05, 0.1) is 21.4 Å². The van der Waals surface area contributed by atoms with Gasteiger partial charge in [0, 0.05) is 0 Å². The molecule has 0 saturated carbocycles. The van der Waals surface area contributed by atoms with Crippen LogP contribution in [-0.4, -0.2) is 8.42 Å². The second-order valence-corrected chi connectivity index (χ2v) is 7.27. The summed E-state index contributed by atoms with van der Waals surface area (Å²) in [6.07, 6.45) is 0. The van der Waals surface area contributed by atoms with Crippen LogP contribution in [0.2, 0.25) is 5.02 Å². The quantitative estimate of drug-likeness (QED) is 0.883. The number of halogens is 1. The Bertz CT molecular complexity index is 754. The van der Waals surface area contributed by atoms with Crippen molar-refractivity contribution in [3.8, 4) is 0 Å². The number of nitrogens with two attached hydrogens (primary N) is 1. The summed E-state index contributed by atoms with van der Waals surface area (Å²) in [4.78, 5) is 0.192. The smallest absolute Gasteiger partial charge is 0.182 e. The number of nitrogen functional groups attached to an aromatic ring is 1. The standard InChI is InChI=1S/C15H16ClNO2S/c1-10-3-4-11(2)12(7-10)9-20(18,19)13-5-6-15(17)14(16)8-13/h3-8H,9,17H2,1-2H3. The van der Waals surface area contributed by atoms with Crippen molar-refractivity contribution in [1.82, 2.24) is 0 Å². The van der Waals surface area contributed by atoms with Crippen LogP contribution in [0, 0.1) is 13.8 Å². The Labute approximate surface area is 124 Å². The van der Waals surface area contributed by atoms with Gasteiger partial charge in [-0.3, -0.25) is 0 Å². The number of sulfone groups is 1. The van der Waals surface area contributed by atoms with E-state index in [1.807, 2.05) is 32.0 Å². The van der Waals surface area contributed by atoms with Crippen LogP contribution in [0.1, 0.15) is 16.7 Å². The van der Waals surface area contributed by atoms with Gasteiger partial charge < -0.3 is 5.73 Å². The maximum absolute atomic E-state index is 12.4. The number of hydrogen-bond donors (Lipinski definition) is 1. The van der Waals surface area contributed by atoms with E-state index in [9.17, 15) is 8.42 Å². The summed E-state index contributed by atoms with van der Waals surface area (Å²) in [5.41, 5.74) is 8.78. The molecule has 2 rings (SSSR count). The molecule has 0 aliphatic rings. The minimum absolute atomic E-state index is 0.0409. The molecule has 0 amide bonds. The van der Waals surface area contributed by atoms with Gasteiger partial charge in [0.1, 0.15) is 0 Å². The third-order valence-corrected chi connectivity index (χ3v) is 5.17. The van der Waals surface area contributed by atoms with Crippen molar-refractivity contribution < 1.29 is 8.42 Å². The summed E-state index contributed by atoms with van der Waals surface area (Å²) >= 11 is 5.89. The van der Waals surface area contributed by atoms with Gasteiger partial charge in [0.25, 0.3) is 0 Å². The Hall–Kier alpha value is -1.52. The summed E-state index contributed by atoms with van der Waals surface area (Å²) in [7, 11) is -3.43. The first-order valence-corrected chi connectivity index (χ1v) is 8.16. The fourth-order valence-corrected chi connectivity index (χ4v) is 3.65. The number of anilines is 1. The second-order valence-electron chi connectivity index (χ2n) is 4.87. The first kappa shape index (κ1) is 14.9. The molecule has 0 unspecified atom stereocenters. The summed E-state index contributed by atoms with van der Waals surface area (Å²) in [6.45, 7) is 3.84. The third-order valence-electron chi connectivity index (χ3n) is 3.18. The predicted octanol–water partition coefficient (Wildman–Crippen LogP) is 3.51. The number of aryl methyl sites for hydroxylation is 2. The molecule has 2 aromatic rings. The number of rotatable bonds is 3. The van der Waals surface area contributed by atoms with E-state index in [0.717, 1.165) is 16.7 Å². The zero-order valence-corrected chi connectivity index (χ0v) is 12.9. The minimum atomic E-state index is -3.43. The summed E-state index contributed by atoms with van der Waals surface area (Å²) in [6, 6.07) is 10.2. The molecule has 0 radical (unpaired) electrons. The van der Waals surface area contributed by atoms with Crippen molar-refractivity contribution in [2.24, 2.45) is 0 Å². The van der Waals surface area contributed by atoms with Crippen molar-refractivity contribution in [2.75, 3.05) is 5.73 Å². The number of benzene rings is 2. The summed E-state index contributed by atoms with van der Waals surface area (Å²) < 4.78 is 24.9. The monoisotopic (exact) mass is 309 g/mol. The molecule has 20 heavy (non-hydrogen) atoms. The molecule has 2 N–H and O–H groups in total. The molecule has 0 spiro atoms. The lowest BCUT2D eigenvalue weighted by molar-refractivity contribution is 0.595. The average Bonchev–Trinajstić information content (AvgIpc) is 2.36. The lowest BCUT2D eigenvalue weighted by Crippen LogP contribution is -2.07. The van der Waals surface area contributed by atoms with Crippen LogP contribution in [0.3, 0.4) is 0 Å². The van der Waals surface area contributed by atoms with Crippen LogP contribution in [0.25, 0.3) is 0 Å². The van der Waals surface area contributed by atoms with E-state index in [2.05, 4.69) is 0 Å². The molecule has 106 valence electrons. The fourth-order valence-electron chi connectivity index (χ4n) is 1.95. The largest absolute Gasteiger partial charge is 0.398 e. The predicted molar refractivity (Wildman–Crippen MR) is 82.7 cm³/mol. The molecular formula is C15H16ClNO2S. The van der Waals surface area contributed by atoms with Gasteiger partial charge in [-0.1, -0.05) is 35.4 Å². The van der Waals surface area contributed by atoms with Crippen LogP contribution in [0.15, 0.2) is 41.3 Å². The van der Waals surface area contributed by atoms with E-state index in [4.69, 9.17) is 17.3 Å². The summed E-state index contributed by atoms with van der Waals surface area (Å²) in [5, 5.41) is 0.257. The third kappa shape index (κ3) is 3.14. The first-order valence-electron chi connectivity index (χ1n) is 6.13. The lowest BCUT2D eigenvalue weighted by atomic mass is 10.1. The molecule has 0 saturated heterocycles. The Kier molecular flexibility index (Phi) is 4.06. The van der Waals surface area contributed by atoms with Crippen molar-refractivity contribution >= 4 is 27.1 Å². The van der Waals surface area contributed by atoms with Crippen molar-refractivity contribution in [3.05, 3.63) is 58.1 Å². The molecule has 0 aliphatic carbocycles. The van der Waals surface area contributed by atoms with Crippen molar-refractivity contribution in [1.29, 1.82) is 0 Å². The molecule has 5 heteroatoms. The Morgan fingerprint density at radius 1 is 1.10 bits per heavy atom. The van der Waals surface area contributed by atoms with Gasteiger partial charge in [-0.25, -0.2) is 8.42 Å². The fraction of sp³-hybridized carbons (Fsp3) is 0.200. The lowest BCUT2D eigenvalue weighted by Gasteiger charge is -2.09. The van der Waals surface area contributed by atoms with E-state index in [0.29, 0.717) is 5.69 Å². The maximum atomic E-state index is 12.4. The van der Waals surface area contributed by atoms with Gasteiger partial charge in [-0.05, 0) is 43.2 Å². The van der Waals surface area contributed by atoms with Crippen LogP contribution in [0.5, 0.6) is 0 Å². The average molecular weight is 310 g/mol. The molecule has 0 atom stereocenters. The Morgan fingerprint density at radius 3 is 2.45 bits per heavy atom. The van der Waals surface area contributed by atoms with Crippen LogP contribution >= 0.6 is 11.6 Å². The highest BCUT2D eigenvalue weighted by molar-refractivity contribution is 7.90. The Balaban J connectivity index is 2.40. The van der Waals surface area contributed by atoms with Crippen LogP contribution in [0.4, 0.5) is 5.69 Å². The first-order chi connectivity index (χ1) is 9.29. The highest BCUT2D eigenvalue weighted by Crippen LogP contribution is 2.25. The highest BCUT2D eigenvalue weighted by Gasteiger charge is 2.17. The van der Waals surface area contributed by atoms with E-state index < -0.39 is 9.84 Å². The molecule has 0 bridgehead atoms. The van der Waals surface area contributed by atoms with Gasteiger partial charge in [0.2, 0.25) is 0 Å². The SMILES string of the molecule is Cc1ccc(C)c(CS(=O)(=O)c2ccc(N)c(Cl)c2)c1. The van der Waals surface area contributed by atoms with Crippen LogP contribution in [-0.2, 0) is 15.6 Å². The van der Waals surface area contributed by atoms with Crippen molar-refractivity contribution in [3.63, 3.8) is 0 Å². The van der Waals surface area contributed by atoms with Gasteiger partial charge in [-0.2, -0.15) is 0 Å². The molecule has 2 aromatic carbocycles. The minimum Gasteiger partial charge on any atom is -0.398 e. The Morgan fingerprint density at radius 2 is 1.80 bits per heavy atom. The highest BCUT2D eigenvalue weighted by atomic mass is 35.5. The maximum Gasteiger partial charge on any atom is 0.182 e. The van der Waals surface area contributed by atoms with E-state index in [1.165, 1.54) is 18.2 Å². The second kappa shape index (κ2) is 5.46. The molecule has 3 nitrogen and oxygen atoms in total. The van der Waals surface area contributed by atoms with Gasteiger partial charge in [0.15, 0.2) is 9.84 Å². The van der Waals surface area contributed by atoms with Gasteiger partial charge >= 0.3 is 0 Å². The zero-order chi connectivity index (χ0) is 14.9. The van der Waals surface area contributed by atoms with E-state index in [-0.39, 0.29) is 15.7 Å². The molecule has 0 aromatic heterocycles. The molecular weight excluding hydrogens is 294 g/mol. The van der Waals surface area contributed by atoms with E-state index in [1.54, 1.807) is 0 Å². The van der Waals surface area contributed by atoms with Crippen LogP contribution < -0.4 is 5.73 Å². The van der Waals surface area contributed by atoms with E-state index >= 15 is 0 Å². The normalized spacial score (nSPS) is 11.6. The number of hydrogen-bond acceptors (Lipinski definition) is 3. The van der Waals surface area contributed by atoms with Crippen molar-refractivity contribution in [2.45, 2.75) is 24.5 Å². The molecule has 0 aliphatic heterocycles. The topological polar surface area (TPSA) is 60.2 Å². The van der Waals surface area contributed by atoms with Gasteiger partial charge in [-0.15, -0.1) is 0 Å².